The van der Waals surface area contributed by atoms with Crippen LogP contribution in [0.15, 0.2) is 66.9 Å². The largest absolute Gasteiger partial charge is 0.325 e. The molecule has 0 saturated carbocycles. The number of aromatic nitrogens is 1. The van der Waals surface area contributed by atoms with Crippen LogP contribution in [0.3, 0.4) is 0 Å². The Kier molecular flexibility index (Phi) is 5.14. The smallest absolute Gasteiger partial charge is 0.228 e. The van der Waals surface area contributed by atoms with Crippen molar-refractivity contribution in [2.24, 2.45) is 0 Å². The van der Waals surface area contributed by atoms with Gasteiger partial charge in [0.1, 0.15) is 5.15 Å². The lowest BCUT2D eigenvalue weighted by Crippen LogP contribution is -2.15. The van der Waals surface area contributed by atoms with Crippen LogP contribution in [0.25, 0.3) is 11.1 Å². The van der Waals surface area contributed by atoms with Crippen LogP contribution in [-0.2, 0) is 11.2 Å². The summed E-state index contributed by atoms with van der Waals surface area (Å²) in [4.78, 5) is 16.3. The van der Waals surface area contributed by atoms with E-state index >= 15 is 0 Å². The van der Waals surface area contributed by atoms with Gasteiger partial charge in [-0.1, -0.05) is 59.6 Å². The van der Waals surface area contributed by atoms with Crippen molar-refractivity contribution >= 4 is 34.8 Å². The Morgan fingerprint density at radius 1 is 0.958 bits per heavy atom. The molecule has 1 amide bonds. The number of amides is 1. The molecule has 0 fully saturated rings. The number of anilines is 1. The quantitative estimate of drug-likeness (QED) is 0.649. The number of carbonyl (C=O) groups is 1. The Morgan fingerprint density at radius 2 is 1.71 bits per heavy atom. The summed E-state index contributed by atoms with van der Waals surface area (Å²) in [6, 6.07) is 18.7. The van der Waals surface area contributed by atoms with Gasteiger partial charge in [0.2, 0.25) is 5.91 Å². The second-order valence-electron chi connectivity index (χ2n) is 5.23. The van der Waals surface area contributed by atoms with Gasteiger partial charge in [0.15, 0.2) is 0 Å². The van der Waals surface area contributed by atoms with Gasteiger partial charge >= 0.3 is 0 Å². The monoisotopic (exact) mass is 356 g/mol. The minimum absolute atomic E-state index is 0.147. The Labute approximate surface area is 150 Å². The number of hydrogen-bond donors (Lipinski definition) is 1. The minimum atomic E-state index is -0.147. The number of pyridine rings is 1. The first-order valence-corrected chi connectivity index (χ1v) is 8.13. The first kappa shape index (κ1) is 16.5. The SMILES string of the molecule is O=C(Cc1cccnc1Cl)Nc1ccccc1-c1ccc(Cl)cc1. The molecular formula is C19H14Cl2N2O. The van der Waals surface area contributed by atoms with Crippen molar-refractivity contribution < 1.29 is 4.79 Å². The molecule has 120 valence electrons. The zero-order valence-electron chi connectivity index (χ0n) is 12.7. The van der Waals surface area contributed by atoms with E-state index in [-0.39, 0.29) is 12.3 Å². The van der Waals surface area contributed by atoms with E-state index in [2.05, 4.69) is 10.3 Å². The number of nitrogens with zero attached hydrogens (tertiary/aromatic N) is 1. The van der Waals surface area contributed by atoms with E-state index in [0.717, 1.165) is 16.8 Å². The number of rotatable bonds is 4. The van der Waals surface area contributed by atoms with Crippen molar-refractivity contribution in [1.29, 1.82) is 0 Å². The molecule has 3 rings (SSSR count). The number of carbonyl (C=O) groups excluding carboxylic acids is 1. The molecule has 0 radical (unpaired) electrons. The molecule has 0 atom stereocenters. The van der Waals surface area contributed by atoms with Gasteiger partial charge in [0, 0.05) is 22.5 Å². The van der Waals surface area contributed by atoms with E-state index in [1.165, 1.54) is 0 Å². The van der Waals surface area contributed by atoms with Crippen LogP contribution in [0.5, 0.6) is 0 Å². The topological polar surface area (TPSA) is 42.0 Å². The number of nitrogens with one attached hydrogen (secondary N) is 1. The average Bonchev–Trinajstić information content (AvgIpc) is 2.58. The van der Waals surface area contributed by atoms with Crippen LogP contribution in [0, 0.1) is 0 Å². The molecule has 1 N–H and O–H groups in total. The molecule has 0 unspecified atom stereocenters. The molecule has 0 aliphatic rings. The van der Waals surface area contributed by atoms with E-state index < -0.39 is 0 Å². The molecule has 1 heterocycles. The molecule has 0 spiro atoms. The molecule has 24 heavy (non-hydrogen) atoms. The normalized spacial score (nSPS) is 10.4. The molecule has 2 aromatic carbocycles. The maximum atomic E-state index is 12.4. The van der Waals surface area contributed by atoms with Crippen LogP contribution < -0.4 is 5.32 Å². The van der Waals surface area contributed by atoms with Gasteiger partial charge in [-0.3, -0.25) is 4.79 Å². The molecule has 0 bridgehead atoms. The lowest BCUT2D eigenvalue weighted by molar-refractivity contribution is -0.115. The fourth-order valence-corrected chi connectivity index (χ4v) is 2.70. The second kappa shape index (κ2) is 7.47. The van der Waals surface area contributed by atoms with Crippen molar-refractivity contribution in [2.75, 3.05) is 5.32 Å². The third-order valence-corrected chi connectivity index (χ3v) is 4.14. The van der Waals surface area contributed by atoms with E-state index in [9.17, 15) is 4.79 Å². The van der Waals surface area contributed by atoms with Crippen molar-refractivity contribution in [3.05, 3.63) is 82.6 Å². The summed E-state index contributed by atoms with van der Waals surface area (Å²) in [6.07, 6.45) is 1.77. The molecular weight excluding hydrogens is 343 g/mol. The van der Waals surface area contributed by atoms with Crippen LogP contribution in [0.4, 0.5) is 5.69 Å². The summed E-state index contributed by atoms with van der Waals surface area (Å²) >= 11 is 11.9. The van der Waals surface area contributed by atoms with Crippen LogP contribution >= 0.6 is 23.2 Å². The zero-order valence-corrected chi connectivity index (χ0v) is 14.2. The van der Waals surface area contributed by atoms with Gasteiger partial charge in [-0.15, -0.1) is 0 Å². The van der Waals surface area contributed by atoms with Crippen molar-refractivity contribution in [2.45, 2.75) is 6.42 Å². The Bertz CT molecular complexity index is 863. The van der Waals surface area contributed by atoms with E-state index in [1.54, 1.807) is 18.3 Å². The second-order valence-corrected chi connectivity index (χ2v) is 6.03. The minimum Gasteiger partial charge on any atom is -0.325 e. The van der Waals surface area contributed by atoms with Crippen LogP contribution in [0.1, 0.15) is 5.56 Å². The van der Waals surface area contributed by atoms with Gasteiger partial charge in [0.25, 0.3) is 0 Å². The maximum absolute atomic E-state index is 12.4. The number of hydrogen-bond acceptors (Lipinski definition) is 2. The molecule has 3 aromatic rings. The average molecular weight is 357 g/mol. The number of para-hydroxylation sites is 1. The molecule has 0 aliphatic carbocycles. The molecule has 0 aliphatic heterocycles. The Hall–Kier alpha value is -2.36. The molecule has 3 nitrogen and oxygen atoms in total. The summed E-state index contributed by atoms with van der Waals surface area (Å²) in [5, 5.41) is 3.96. The number of halogens is 2. The lowest BCUT2D eigenvalue weighted by Gasteiger charge is -2.12. The number of benzene rings is 2. The highest BCUT2D eigenvalue weighted by molar-refractivity contribution is 6.30. The lowest BCUT2D eigenvalue weighted by atomic mass is 10.0. The van der Waals surface area contributed by atoms with Gasteiger partial charge in [-0.05, 0) is 35.4 Å². The summed E-state index contributed by atoms with van der Waals surface area (Å²) in [5.74, 6) is -0.147. The highest BCUT2D eigenvalue weighted by atomic mass is 35.5. The van der Waals surface area contributed by atoms with Crippen molar-refractivity contribution in [3.8, 4) is 11.1 Å². The zero-order chi connectivity index (χ0) is 16.9. The van der Waals surface area contributed by atoms with Gasteiger partial charge in [-0.2, -0.15) is 0 Å². The van der Waals surface area contributed by atoms with Gasteiger partial charge in [0.05, 0.1) is 6.42 Å². The third-order valence-electron chi connectivity index (χ3n) is 3.54. The maximum Gasteiger partial charge on any atom is 0.228 e. The highest BCUT2D eigenvalue weighted by Gasteiger charge is 2.11. The first-order chi connectivity index (χ1) is 11.6. The Balaban J connectivity index is 1.82. The molecule has 1 aromatic heterocycles. The van der Waals surface area contributed by atoms with Gasteiger partial charge in [-0.25, -0.2) is 4.98 Å². The van der Waals surface area contributed by atoms with Gasteiger partial charge < -0.3 is 5.32 Å². The van der Waals surface area contributed by atoms with E-state index in [4.69, 9.17) is 23.2 Å². The summed E-state index contributed by atoms with van der Waals surface area (Å²) in [5.41, 5.74) is 3.35. The Morgan fingerprint density at radius 3 is 2.46 bits per heavy atom. The fourth-order valence-electron chi connectivity index (χ4n) is 2.39. The van der Waals surface area contributed by atoms with E-state index in [0.29, 0.717) is 15.7 Å². The standard InChI is InChI=1S/C19H14Cl2N2O/c20-15-9-7-13(8-10-15)16-5-1-2-6-17(16)23-18(24)12-14-4-3-11-22-19(14)21/h1-11H,12H2,(H,23,24). The van der Waals surface area contributed by atoms with Crippen molar-refractivity contribution in [1.82, 2.24) is 4.98 Å². The first-order valence-electron chi connectivity index (χ1n) is 7.38. The predicted octanol–water partition coefficient (Wildman–Crippen LogP) is 5.24. The fraction of sp³-hybridized carbons (Fsp3) is 0.0526. The molecule has 0 saturated heterocycles. The van der Waals surface area contributed by atoms with Crippen LogP contribution in [0.2, 0.25) is 10.2 Å². The van der Waals surface area contributed by atoms with Crippen LogP contribution in [-0.4, -0.2) is 10.9 Å². The van der Waals surface area contributed by atoms with E-state index in [1.807, 2.05) is 48.5 Å². The predicted molar refractivity (Wildman–Crippen MR) is 98.5 cm³/mol. The summed E-state index contributed by atoms with van der Waals surface area (Å²) < 4.78 is 0. The summed E-state index contributed by atoms with van der Waals surface area (Å²) in [7, 11) is 0. The third kappa shape index (κ3) is 3.94. The summed E-state index contributed by atoms with van der Waals surface area (Å²) in [6.45, 7) is 0. The van der Waals surface area contributed by atoms with Crippen molar-refractivity contribution in [3.63, 3.8) is 0 Å². The molecule has 5 heteroatoms. The highest BCUT2D eigenvalue weighted by Crippen LogP contribution is 2.29.